The van der Waals surface area contributed by atoms with Gasteiger partial charge in [0.2, 0.25) is 0 Å². The second kappa shape index (κ2) is 5.41. The van der Waals surface area contributed by atoms with Gasteiger partial charge in [0.05, 0.1) is 0 Å². The van der Waals surface area contributed by atoms with Gasteiger partial charge in [0.25, 0.3) is 0 Å². The molecular formula is C6H11OSb. The molecule has 0 aliphatic rings. The van der Waals surface area contributed by atoms with E-state index in [1.807, 2.05) is 12.9 Å². The van der Waals surface area contributed by atoms with Gasteiger partial charge in [-0.1, -0.05) is 0 Å². The fourth-order valence-corrected chi connectivity index (χ4v) is 1.00. The predicted molar refractivity (Wildman–Crippen MR) is 37.5 cm³/mol. The molecule has 0 N–H and O–H groups in total. The monoisotopic (exact) mass is 220 g/mol. The number of hydrogen-bond donors (Lipinski definition) is 0. The quantitative estimate of drug-likeness (QED) is 0.503. The third kappa shape index (κ3) is 4.43. The number of carbonyl (C=O) groups excluding carboxylic acids is 1. The van der Waals surface area contributed by atoms with Gasteiger partial charge in [-0.15, -0.1) is 0 Å². The van der Waals surface area contributed by atoms with E-state index in [9.17, 15) is 4.79 Å². The zero-order valence-electron chi connectivity index (χ0n) is 5.11. The molecule has 0 unspecified atom stereocenters. The molecule has 0 aromatic heterocycles. The van der Waals surface area contributed by atoms with Gasteiger partial charge in [0.1, 0.15) is 0 Å². The topological polar surface area (TPSA) is 17.1 Å². The molecule has 0 saturated heterocycles. The molecular weight excluding hydrogens is 210 g/mol. The average Bonchev–Trinajstić information content (AvgIpc) is 1.83. The van der Waals surface area contributed by atoms with Crippen molar-refractivity contribution < 1.29 is 4.79 Å². The Morgan fingerprint density at radius 2 is 2.38 bits per heavy atom. The molecule has 0 heterocycles. The third-order valence-electron chi connectivity index (χ3n) is 0.930. The Bertz CT molecular complexity index is 103. The van der Waals surface area contributed by atoms with Crippen LogP contribution in [0.25, 0.3) is 0 Å². The van der Waals surface area contributed by atoms with Crippen LogP contribution in [0.5, 0.6) is 0 Å². The molecule has 0 aliphatic heterocycles. The predicted octanol–water partition coefficient (Wildman–Crippen LogP) is 0.596. The molecule has 0 atom stereocenters. The first kappa shape index (κ1) is 8.27. The summed E-state index contributed by atoms with van der Waals surface area (Å²) in [5.41, 5.74) is 0.860. The van der Waals surface area contributed by atoms with Gasteiger partial charge in [0, 0.05) is 0 Å². The summed E-state index contributed by atoms with van der Waals surface area (Å²) in [6.45, 7) is 1.84. The first-order valence-electron chi connectivity index (χ1n) is 2.72. The van der Waals surface area contributed by atoms with Crippen molar-refractivity contribution in [1.29, 1.82) is 0 Å². The third-order valence-corrected chi connectivity index (χ3v) is 2.10. The van der Waals surface area contributed by atoms with Crippen molar-refractivity contribution >= 4 is 29.0 Å². The summed E-state index contributed by atoms with van der Waals surface area (Å²) in [4.78, 5) is 9.86. The first-order valence-corrected chi connectivity index (χ1v) is 5.05. The van der Waals surface area contributed by atoms with E-state index in [-0.39, 0.29) is 0 Å². The Labute approximate surface area is 63.6 Å². The van der Waals surface area contributed by atoms with E-state index < -0.39 is 0 Å². The fourth-order valence-electron chi connectivity index (χ4n) is 0.418. The standard InChI is InChI=1S/C6H9O.Sb.2H/c1-3-4-6(2)5-7;;;/h1,3-4H2,2H3;;;. The summed E-state index contributed by atoms with van der Waals surface area (Å²) in [6.07, 6.45) is 2.12. The van der Waals surface area contributed by atoms with E-state index in [0.29, 0.717) is 0 Å². The van der Waals surface area contributed by atoms with Crippen LogP contribution in [-0.2, 0) is 4.79 Å². The van der Waals surface area contributed by atoms with Crippen LogP contribution in [0.4, 0.5) is 0 Å². The van der Waals surface area contributed by atoms with Crippen molar-refractivity contribution in [3.05, 3.63) is 5.57 Å². The van der Waals surface area contributed by atoms with E-state index in [4.69, 9.17) is 0 Å². The molecule has 2 heteroatoms. The molecule has 0 bridgehead atoms. The van der Waals surface area contributed by atoms with Crippen molar-refractivity contribution in [2.75, 3.05) is 0 Å². The molecule has 0 aromatic rings. The van der Waals surface area contributed by atoms with E-state index in [1.165, 1.54) is 33.8 Å². The summed E-state index contributed by atoms with van der Waals surface area (Å²) in [7, 11) is 0. The second-order valence-electron chi connectivity index (χ2n) is 1.77. The van der Waals surface area contributed by atoms with E-state index >= 15 is 0 Å². The average molecular weight is 221 g/mol. The zero-order valence-corrected chi connectivity index (χ0v) is 8.40. The summed E-state index contributed by atoms with van der Waals surface area (Å²) in [6, 6.07) is 0. The van der Waals surface area contributed by atoms with Crippen LogP contribution in [0, 0.1) is 0 Å². The van der Waals surface area contributed by atoms with Gasteiger partial charge in [-0.2, -0.15) is 0 Å². The van der Waals surface area contributed by atoms with E-state index in [0.717, 1.165) is 12.0 Å². The van der Waals surface area contributed by atoms with E-state index in [2.05, 4.69) is 0 Å². The number of hydrogen-bond acceptors (Lipinski definition) is 1. The van der Waals surface area contributed by atoms with Crippen molar-refractivity contribution in [3.63, 3.8) is 0 Å². The van der Waals surface area contributed by atoms with Crippen molar-refractivity contribution in [2.24, 2.45) is 0 Å². The Kier molecular flexibility index (Phi) is 5.59. The summed E-state index contributed by atoms with van der Waals surface area (Å²) in [5, 5.41) is 0. The Hall–Kier alpha value is 0.268. The van der Waals surface area contributed by atoms with Crippen molar-refractivity contribution in [2.45, 2.75) is 24.1 Å². The minimum atomic E-state index is 0.860. The van der Waals surface area contributed by atoms with Crippen LogP contribution in [0.15, 0.2) is 5.57 Å². The van der Waals surface area contributed by atoms with Gasteiger partial charge < -0.3 is 0 Å². The summed E-state index contributed by atoms with van der Waals surface area (Å²) < 4.78 is 1.28. The maximum absolute atomic E-state index is 9.86. The summed E-state index contributed by atoms with van der Waals surface area (Å²) >= 11 is 1.31. The van der Waals surface area contributed by atoms with Gasteiger partial charge in [0.15, 0.2) is 0 Å². The molecule has 0 aromatic carbocycles. The molecule has 8 heavy (non-hydrogen) atoms. The normalized spacial score (nSPS) is 8.25. The molecule has 0 aliphatic carbocycles. The van der Waals surface area contributed by atoms with Crippen LogP contribution in [-0.4, -0.2) is 29.0 Å². The molecule has 0 rings (SSSR count). The number of allylic oxidation sites excluding steroid dienone is 1. The van der Waals surface area contributed by atoms with Crippen LogP contribution in [0.3, 0.4) is 0 Å². The molecule has 0 saturated carbocycles. The van der Waals surface area contributed by atoms with Crippen LogP contribution in [0.1, 0.15) is 19.8 Å². The Balaban J connectivity index is 3.26. The first-order chi connectivity index (χ1) is 3.81. The van der Waals surface area contributed by atoms with Gasteiger partial charge in [-0.3, -0.25) is 0 Å². The Morgan fingerprint density at radius 3 is 2.75 bits per heavy atom. The van der Waals surface area contributed by atoms with Crippen molar-refractivity contribution in [1.82, 2.24) is 0 Å². The second-order valence-corrected chi connectivity index (χ2v) is 3.42. The SMILES string of the molecule is CC(=C=O)CC[CH2][SbH2]. The van der Waals surface area contributed by atoms with Crippen molar-refractivity contribution in [3.8, 4) is 0 Å². The Morgan fingerprint density at radius 1 is 1.75 bits per heavy atom. The maximum atomic E-state index is 9.86. The van der Waals surface area contributed by atoms with Crippen LogP contribution in [0.2, 0.25) is 4.37 Å². The summed E-state index contributed by atoms with van der Waals surface area (Å²) in [5.74, 6) is 1.88. The van der Waals surface area contributed by atoms with Crippen LogP contribution < -0.4 is 0 Å². The molecule has 0 amide bonds. The van der Waals surface area contributed by atoms with Gasteiger partial charge >= 0.3 is 63.5 Å². The van der Waals surface area contributed by atoms with Crippen LogP contribution >= 0.6 is 0 Å². The molecule has 0 spiro atoms. The van der Waals surface area contributed by atoms with Gasteiger partial charge in [-0.05, 0) is 0 Å². The van der Waals surface area contributed by atoms with Gasteiger partial charge in [-0.25, -0.2) is 0 Å². The van der Waals surface area contributed by atoms with E-state index in [1.54, 1.807) is 0 Å². The zero-order chi connectivity index (χ0) is 6.41. The number of rotatable bonds is 3. The fraction of sp³-hybridized carbons (Fsp3) is 0.667. The minimum absolute atomic E-state index is 0.860. The molecule has 0 fully saturated rings. The molecule has 1 nitrogen and oxygen atoms in total. The molecule has 0 radical (unpaired) electrons. The molecule has 46 valence electrons.